The Labute approximate surface area is 295 Å². The topological polar surface area (TPSA) is 116 Å². The molecule has 0 fully saturated rings. The van der Waals surface area contributed by atoms with Gasteiger partial charge in [-0.2, -0.15) is 8.42 Å². The quantitative estimate of drug-likeness (QED) is 0.137. The molecule has 5 aliphatic heterocycles. The van der Waals surface area contributed by atoms with Gasteiger partial charge in [0.25, 0.3) is 10.1 Å². The number of fused-ring (bicyclic) bond motifs is 4. The molecule has 3 aromatic carbocycles. The van der Waals surface area contributed by atoms with Gasteiger partial charge in [0.05, 0.1) is 10.5 Å². The number of anilines is 1. The van der Waals surface area contributed by atoms with Gasteiger partial charge in [-0.05, 0) is 80.7 Å². The van der Waals surface area contributed by atoms with Crippen molar-refractivity contribution in [1.82, 2.24) is 9.30 Å². The van der Waals surface area contributed by atoms with E-state index in [9.17, 15) is 21.4 Å². The van der Waals surface area contributed by atoms with Crippen molar-refractivity contribution in [2.24, 2.45) is 5.92 Å². The van der Waals surface area contributed by atoms with Crippen LogP contribution in [0.3, 0.4) is 0 Å². The Morgan fingerprint density at radius 1 is 0.840 bits per heavy atom. The van der Waals surface area contributed by atoms with Crippen LogP contribution >= 0.6 is 0 Å². The van der Waals surface area contributed by atoms with Gasteiger partial charge in [-0.3, -0.25) is 4.55 Å². The third kappa shape index (κ3) is 5.97. The summed E-state index contributed by atoms with van der Waals surface area (Å²) in [4.78, 5) is 1.87. The normalized spacial score (nSPS) is 18.0. The highest BCUT2D eigenvalue weighted by molar-refractivity contribution is 7.89. The van der Waals surface area contributed by atoms with Gasteiger partial charge >= 0.3 is 0 Å². The third-order valence-electron chi connectivity index (χ3n) is 11.2. The van der Waals surface area contributed by atoms with Crippen LogP contribution in [0.2, 0.25) is 0 Å². The van der Waals surface area contributed by atoms with Gasteiger partial charge in [-0.15, -0.1) is 0 Å². The molecule has 11 heteroatoms. The van der Waals surface area contributed by atoms with Crippen molar-refractivity contribution < 1.29 is 26.1 Å². The van der Waals surface area contributed by atoms with E-state index in [-0.39, 0.29) is 17.0 Å². The molecule has 5 aliphatic rings. The van der Waals surface area contributed by atoms with Crippen LogP contribution in [-0.4, -0.2) is 54.1 Å². The summed E-state index contributed by atoms with van der Waals surface area (Å²) in [6.07, 6.45) is 11.4. The number of nitrogens with one attached hydrogen (secondary N) is 1. The van der Waals surface area contributed by atoms with E-state index in [0.717, 1.165) is 136 Å². The minimum absolute atomic E-state index is 0.184. The lowest BCUT2D eigenvalue weighted by molar-refractivity contribution is 0.431. The lowest BCUT2D eigenvalue weighted by atomic mass is 9.82. The molecule has 0 saturated carbocycles. The summed E-state index contributed by atoms with van der Waals surface area (Å²) in [6, 6.07) is 8.51. The van der Waals surface area contributed by atoms with Gasteiger partial charge in [-0.25, -0.2) is 17.7 Å². The standard InChI is InChI=1S/C39H47N3O6S2/c1-25(2)10-4-3-5-17-40-49(43,44)28-15-16-29(34(24-28)50(45,46)47)35-32-22-26-11-6-18-41-20-8-13-30(36(26)41)38(32)48-39-31-14-9-21-42-19-7-12-27(37(31)42)23-33(35)39/h15-16,22-25,40H,3-14,17-21H2,1-2H3/p+1. The zero-order valence-electron chi connectivity index (χ0n) is 29.2. The first-order chi connectivity index (χ1) is 24.0. The first-order valence-electron chi connectivity index (χ1n) is 18.6. The monoisotopic (exact) mass is 718 g/mol. The van der Waals surface area contributed by atoms with Crippen LogP contribution < -0.4 is 29.5 Å². The number of sulfonamides is 1. The predicted octanol–water partition coefficient (Wildman–Crippen LogP) is 4.86. The van der Waals surface area contributed by atoms with Crippen molar-refractivity contribution in [2.75, 3.05) is 37.6 Å². The number of hydrogen-bond acceptors (Lipinski definition) is 6. The zero-order valence-corrected chi connectivity index (χ0v) is 30.8. The molecule has 3 aromatic rings. The van der Waals surface area contributed by atoms with Crippen molar-refractivity contribution in [3.05, 3.63) is 74.3 Å². The van der Waals surface area contributed by atoms with E-state index in [1.54, 1.807) is 6.07 Å². The molecule has 0 spiro atoms. The Kier molecular flexibility index (Phi) is 8.85. The van der Waals surface area contributed by atoms with Crippen molar-refractivity contribution in [3.63, 3.8) is 0 Å². The molecule has 9 nitrogen and oxygen atoms in total. The maximum atomic E-state index is 13.5. The van der Waals surface area contributed by atoms with Crippen LogP contribution in [0.15, 0.2) is 40.1 Å². The van der Waals surface area contributed by atoms with Gasteiger partial charge in [0.2, 0.25) is 15.4 Å². The average Bonchev–Trinajstić information content (AvgIpc) is 3.09. The Hall–Kier alpha value is -3.25. The summed E-state index contributed by atoms with van der Waals surface area (Å²) in [6.45, 7) is 8.63. The molecule has 0 bridgehead atoms. The summed E-state index contributed by atoms with van der Waals surface area (Å²) < 4.78 is 76.5. The van der Waals surface area contributed by atoms with Crippen LogP contribution in [-0.2, 0) is 45.8 Å². The van der Waals surface area contributed by atoms with Crippen LogP contribution in [0.1, 0.15) is 98.6 Å². The molecule has 2 N–H and O–H groups in total. The summed E-state index contributed by atoms with van der Waals surface area (Å²) in [5.41, 5.74) is 7.81. The van der Waals surface area contributed by atoms with Gasteiger partial charge < -0.3 is 9.64 Å². The SMILES string of the molecule is CC(C)CCCCCNS(=O)(=O)c1ccc(C2=c3cc4c5c(c3Oc3c2cc2c6c3CCCN6CCC2)CCC[N+]=5CCC4)c(S(=O)(=O)O)c1. The van der Waals surface area contributed by atoms with E-state index in [2.05, 4.69) is 40.2 Å². The number of benzene rings is 3. The number of rotatable bonds is 10. The largest absolute Gasteiger partial charge is 0.455 e. The molecule has 0 aromatic heterocycles. The van der Waals surface area contributed by atoms with E-state index in [4.69, 9.17) is 4.74 Å². The van der Waals surface area contributed by atoms with Crippen molar-refractivity contribution in [1.29, 1.82) is 0 Å². The molecule has 0 atom stereocenters. The molecule has 50 heavy (non-hydrogen) atoms. The Morgan fingerprint density at radius 3 is 2.36 bits per heavy atom. The number of hydrogen-bond donors (Lipinski definition) is 2. The van der Waals surface area contributed by atoms with Crippen LogP contribution in [0.4, 0.5) is 5.69 Å². The number of ether oxygens (including phenoxy) is 1. The minimum atomic E-state index is -4.84. The average molecular weight is 719 g/mol. The second-order valence-electron chi connectivity index (χ2n) is 15.1. The summed E-state index contributed by atoms with van der Waals surface area (Å²) in [5.74, 6) is 2.13. The lowest BCUT2D eigenvalue weighted by Crippen LogP contribution is -2.45. The highest BCUT2D eigenvalue weighted by Gasteiger charge is 2.37. The molecule has 0 unspecified atom stereocenters. The van der Waals surface area contributed by atoms with E-state index in [1.807, 2.05) is 0 Å². The molecule has 266 valence electrons. The molecule has 0 aliphatic carbocycles. The highest BCUT2D eigenvalue weighted by atomic mass is 32.2. The molecule has 5 heterocycles. The van der Waals surface area contributed by atoms with Gasteiger partial charge in [0, 0.05) is 71.2 Å². The van der Waals surface area contributed by atoms with Gasteiger partial charge in [-0.1, -0.05) is 39.2 Å². The van der Waals surface area contributed by atoms with E-state index < -0.39 is 25.0 Å². The minimum Gasteiger partial charge on any atom is -0.455 e. The second-order valence-corrected chi connectivity index (χ2v) is 18.3. The summed E-state index contributed by atoms with van der Waals surface area (Å²) in [5, 5.41) is 2.06. The smallest absolute Gasteiger partial charge is 0.295 e. The van der Waals surface area contributed by atoms with Crippen LogP contribution in [0.25, 0.3) is 5.57 Å². The van der Waals surface area contributed by atoms with Crippen molar-refractivity contribution >= 4 is 31.4 Å². The second kappa shape index (κ2) is 13.1. The van der Waals surface area contributed by atoms with Crippen molar-refractivity contribution in [2.45, 2.75) is 101 Å². The molecular weight excluding hydrogens is 671 g/mol. The molecule has 0 radical (unpaired) electrons. The molecule has 0 saturated heterocycles. The number of unbranched alkanes of at least 4 members (excludes halogenated alkanes) is 2. The van der Waals surface area contributed by atoms with E-state index in [1.165, 1.54) is 28.2 Å². The van der Waals surface area contributed by atoms with E-state index in [0.29, 0.717) is 17.9 Å². The maximum Gasteiger partial charge on any atom is 0.295 e. The van der Waals surface area contributed by atoms with Crippen molar-refractivity contribution in [3.8, 4) is 11.5 Å². The van der Waals surface area contributed by atoms with E-state index >= 15 is 0 Å². The fraction of sp³-hybridized carbons (Fsp3) is 0.513. The highest BCUT2D eigenvalue weighted by Crippen LogP contribution is 2.49. The molecule has 8 rings (SSSR count). The van der Waals surface area contributed by atoms with Crippen LogP contribution in [0.5, 0.6) is 11.5 Å². The summed E-state index contributed by atoms with van der Waals surface area (Å²) >= 11 is 0. The van der Waals surface area contributed by atoms with Gasteiger partial charge in [0.1, 0.15) is 29.5 Å². The first kappa shape index (κ1) is 33.9. The van der Waals surface area contributed by atoms with Gasteiger partial charge in [0.15, 0.2) is 0 Å². The number of aryl methyl sites for hydroxylation is 2. The fourth-order valence-corrected chi connectivity index (χ4v) is 10.9. The fourth-order valence-electron chi connectivity index (χ4n) is 9.04. The number of nitrogens with zero attached hydrogens (tertiary/aromatic N) is 2. The first-order valence-corrected chi connectivity index (χ1v) is 21.5. The summed E-state index contributed by atoms with van der Waals surface area (Å²) in [7, 11) is -8.87. The third-order valence-corrected chi connectivity index (χ3v) is 13.6. The zero-order chi connectivity index (χ0) is 34.8. The predicted molar refractivity (Wildman–Crippen MR) is 195 cm³/mol. The Morgan fingerprint density at radius 2 is 1.58 bits per heavy atom. The Bertz CT molecular complexity index is 2240. The Balaban J connectivity index is 1.33. The maximum absolute atomic E-state index is 13.5. The molecule has 0 amide bonds. The lowest BCUT2D eigenvalue weighted by Gasteiger charge is -2.39. The van der Waals surface area contributed by atoms with Crippen LogP contribution in [0, 0.1) is 5.92 Å². The molecular formula is C39H48N3O6S2+.